The van der Waals surface area contributed by atoms with Crippen molar-refractivity contribution in [3.63, 3.8) is 0 Å². The number of nitrogen functional groups attached to an aromatic ring is 2. The van der Waals surface area contributed by atoms with Gasteiger partial charge in [0.2, 0.25) is 5.95 Å². The van der Waals surface area contributed by atoms with Crippen LogP contribution in [0.2, 0.25) is 0 Å². The minimum atomic E-state index is 0.101. The normalized spacial score (nSPS) is 19.0. The van der Waals surface area contributed by atoms with Gasteiger partial charge in [0, 0.05) is 29.8 Å². The van der Waals surface area contributed by atoms with Crippen LogP contribution in [0.25, 0.3) is 6.08 Å². The number of allylic oxidation sites excluding steroid dienone is 1. The third-order valence-electron chi connectivity index (χ3n) is 5.36. The van der Waals surface area contributed by atoms with E-state index in [9.17, 15) is 0 Å². The van der Waals surface area contributed by atoms with Crippen LogP contribution in [0, 0.1) is 6.92 Å². The Bertz CT molecular complexity index is 798. The molecule has 0 atom stereocenters. The molecule has 6 heteroatoms. The number of anilines is 3. The summed E-state index contributed by atoms with van der Waals surface area (Å²) in [6, 6.07) is 8.94. The summed E-state index contributed by atoms with van der Waals surface area (Å²) in [5, 5.41) is 0. The van der Waals surface area contributed by atoms with Gasteiger partial charge in [-0.2, -0.15) is 4.98 Å². The van der Waals surface area contributed by atoms with Crippen molar-refractivity contribution in [1.82, 2.24) is 9.97 Å². The van der Waals surface area contributed by atoms with E-state index >= 15 is 0 Å². The molecule has 2 aliphatic rings. The molecule has 0 radical (unpaired) electrons. The van der Waals surface area contributed by atoms with Crippen LogP contribution in [0.1, 0.15) is 29.7 Å². The highest BCUT2D eigenvalue weighted by atomic mass is 16.5. The van der Waals surface area contributed by atoms with Crippen molar-refractivity contribution < 1.29 is 4.74 Å². The summed E-state index contributed by atoms with van der Waals surface area (Å²) in [6.45, 7) is 5.43. The molecule has 1 aromatic heterocycles. The number of morpholine rings is 1. The lowest BCUT2D eigenvalue weighted by atomic mass is 9.94. The van der Waals surface area contributed by atoms with Gasteiger partial charge in [0.05, 0.1) is 18.9 Å². The standard InChI is InChI=1S/C20H25N5O/c1-14-17(18(21)24-19(22)23-14)6-7-20(8-9-20)15-2-4-16(5-3-15)25-10-12-26-13-11-25/h2-7H,8-13H2,1H3,(H4,21,22,23,24)/b7-6+. The summed E-state index contributed by atoms with van der Waals surface area (Å²) in [5.41, 5.74) is 16.0. The molecule has 0 amide bonds. The predicted molar refractivity (Wildman–Crippen MR) is 105 cm³/mol. The molecule has 2 aromatic rings. The van der Waals surface area contributed by atoms with Crippen molar-refractivity contribution in [2.75, 3.05) is 42.7 Å². The van der Waals surface area contributed by atoms with Gasteiger partial charge in [0.15, 0.2) is 0 Å². The average molecular weight is 351 g/mol. The van der Waals surface area contributed by atoms with Gasteiger partial charge in [-0.05, 0) is 37.5 Å². The Balaban J connectivity index is 1.54. The Morgan fingerprint density at radius 3 is 2.38 bits per heavy atom. The van der Waals surface area contributed by atoms with Gasteiger partial charge >= 0.3 is 0 Å². The maximum atomic E-state index is 6.02. The van der Waals surface area contributed by atoms with Crippen LogP contribution >= 0.6 is 0 Å². The molecule has 2 heterocycles. The molecule has 1 aromatic carbocycles. The van der Waals surface area contributed by atoms with Crippen molar-refractivity contribution >= 4 is 23.5 Å². The van der Waals surface area contributed by atoms with E-state index in [0.717, 1.165) is 50.4 Å². The summed E-state index contributed by atoms with van der Waals surface area (Å²) in [5.74, 6) is 0.654. The van der Waals surface area contributed by atoms with Crippen LogP contribution in [-0.2, 0) is 10.2 Å². The summed E-state index contributed by atoms with van der Waals surface area (Å²) >= 11 is 0. The first-order valence-electron chi connectivity index (χ1n) is 9.09. The summed E-state index contributed by atoms with van der Waals surface area (Å²) in [7, 11) is 0. The Labute approximate surface area is 153 Å². The third kappa shape index (κ3) is 3.24. The number of aryl methyl sites for hydroxylation is 1. The van der Waals surface area contributed by atoms with Gasteiger partial charge in [-0.3, -0.25) is 0 Å². The Morgan fingerprint density at radius 1 is 1.08 bits per heavy atom. The van der Waals surface area contributed by atoms with Gasteiger partial charge in [-0.15, -0.1) is 0 Å². The van der Waals surface area contributed by atoms with E-state index in [4.69, 9.17) is 16.2 Å². The van der Waals surface area contributed by atoms with E-state index < -0.39 is 0 Å². The molecule has 0 spiro atoms. The molecule has 4 N–H and O–H groups in total. The number of aromatic nitrogens is 2. The fraction of sp³-hybridized carbons (Fsp3) is 0.400. The largest absolute Gasteiger partial charge is 0.383 e. The van der Waals surface area contributed by atoms with Crippen LogP contribution in [-0.4, -0.2) is 36.3 Å². The number of rotatable bonds is 4. The van der Waals surface area contributed by atoms with E-state index in [1.54, 1.807) is 0 Å². The van der Waals surface area contributed by atoms with Crippen LogP contribution < -0.4 is 16.4 Å². The van der Waals surface area contributed by atoms with Gasteiger partial charge in [0.25, 0.3) is 0 Å². The quantitative estimate of drug-likeness (QED) is 0.880. The van der Waals surface area contributed by atoms with E-state index in [0.29, 0.717) is 5.82 Å². The molecule has 0 bridgehead atoms. The molecule has 6 nitrogen and oxygen atoms in total. The third-order valence-corrected chi connectivity index (χ3v) is 5.36. The van der Waals surface area contributed by atoms with Crippen LogP contribution in [0.3, 0.4) is 0 Å². The van der Waals surface area contributed by atoms with Crippen molar-refractivity contribution in [2.45, 2.75) is 25.2 Å². The minimum Gasteiger partial charge on any atom is -0.383 e. The number of nitrogens with two attached hydrogens (primary N) is 2. The molecular formula is C20H25N5O. The second kappa shape index (κ2) is 6.61. The second-order valence-corrected chi connectivity index (χ2v) is 7.10. The highest BCUT2D eigenvalue weighted by Gasteiger charge is 2.41. The topological polar surface area (TPSA) is 90.3 Å². The van der Waals surface area contributed by atoms with E-state index in [-0.39, 0.29) is 11.4 Å². The first-order valence-corrected chi connectivity index (χ1v) is 9.09. The second-order valence-electron chi connectivity index (χ2n) is 7.10. The lowest BCUT2D eigenvalue weighted by Gasteiger charge is -2.29. The highest BCUT2D eigenvalue weighted by molar-refractivity contribution is 5.66. The molecule has 1 saturated heterocycles. The maximum Gasteiger partial charge on any atom is 0.222 e. The first kappa shape index (κ1) is 16.8. The molecule has 136 valence electrons. The molecule has 1 aliphatic carbocycles. The maximum absolute atomic E-state index is 6.02. The summed E-state index contributed by atoms with van der Waals surface area (Å²) in [4.78, 5) is 10.7. The summed E-state index contributed by atoms with van der Waals surface area (Å²) < 4.78 is 5.43. The number of ether oxygens (including phenoxy) is 1. The fourth-order valence-electron chi connectivity index (χ4n) is 3.59. The molecule has 2 fully saturated rings. The zero-order valence-corrected chi connectivity index (χ0v) is 15.1. The van der Waals surface area contributed by atoms with Gasteiger partial charge in [0.1, 0.15) is 5.82 Å². The number of benzene rings is 1. The Morgan fingerprint density at radius 2 is 1.77 bits per heavy atom. The molecule has 4 rings (SSSR count). The Kier molecular flexibility index (Phi) is 4.28. The van der Waals surface area contributed by atoms with E-state index in [2.05, 4.69) is 45.2 Å². The van der Waals surface area contributed by atoms with E-state index in [1.165, 1.54) is 11.3 Å². The number of hydrogen-bond acceptors (Lipinski definition) is 6. The molecular weight excluding hydrogens is 326 g/mol. The van der Waals surface area contributed by atoms with Crippen LogP contribution in [0.15, 0.2) is 30.3 Å². The highest BCUT2D eigenvalue weighted by Crippen LogP contribution is 2.50. The zero-order chi connectivity index (χ0) is 18.1. The first-order chi connectivity index (χ1) is 12.6. The minimum absolute atomic E-state index is 0.101. The van der Waals surface area contributed by atoms with Crippen molar-refractivity contribution in [3.8, 4) is 0 Å². The van der Waals surface area contributed by atoms with Crippen molar-refractivity contribution in [1.29, 1.82) is 0 Å². The van der Waals surface area contributed by atoms with E-state index in [1.807, 2.05) is 13.0 Å². The molecule has 26 heavy (non-hydrogen) atoms. The number of nitrogens with zero attached hydrogens (tertiary/aromatic N) is 3. The van der Waals surface area contributed by atoms with Crippen molar-refractivity contribution in [3.05, 3.63) is 47.2 Å². The fourth-order valence-corrected chi connectivity index (χ4v) is 3.59. The molecule has 0 unspecified atom stereocenters. The predicted octanol–water partition coefficient (Wildman–Crippen LogP) is 2.53. The number of hydrogen-bond donors (Lipinski definition) is 2. The Hall–Kier alpha value is -2.60. The lowest BCUT2D eigenvalue weighted by molar-refractivity contribution is 0.122. The zero-order valence-electron chi connectivity index (χ0n) is 15.1. The van der Waals surface area contributed by atoms with Crippen molar-refractivity contribution in [2.24, 2.45) is 0 Å². The lowest BCUT2D eigenvalue weighted by Crippen LogP contribution is -2.36. The SMILES string of the molecule is Cc1nc(N)nc(N)c1/C=C/C1(c2ccc(N3CCOCC3)cc2)CC1. The molecule has 1 aliphatic heterocycles. The van der Waals surface area contributed by atoms with Crippen LogP contribution in [0.5, 0.6) is 0 Å². The monoisotopic (exact) mass is 351 g/mol. The summed E-state index contributed by atoms with van der Waals surface area (Å²) in [6.07, 6.45) is 6.59. The van der Waals surface area contributed by atoms with Gasteiger partial charge < -0.3 is 21.1 Å². The molecule has 1 saturated carbocycles. The average Bonchev–Trinajstić information content (AvgIpc) is 3.43. The van der Waals surface area contributed by atoms with Gasteiger partial charge in [-0.1, -0.05) is 24.3 Å². The van der Waals surface area contributed by atoms with Gasteiger partial charge in [-0.25, -0.2) is 4.98 Å². The van der Waals surface area contributed by atoms with Crippen LogP contribution in [0.4, 0.5) is 17.5 Å². The smallest absolute Gasteiger partial charge is 0.222 e.